The minimum Gasteiger partial charge on any atom is -0.384 e. The molecule has 0 bridgehead atoms. The van der Waals surface area contributed by atoms with Crippen LogP contribution < -0.4 is 11.1 Å². The summed E-state index contributed by atoms with van der Waals surface area (Å²) < 4.78 is 36.2. The normalized spacial score (nSPS) is 11.2. The molecule has 4 nitrogen and oxygen atoms in total. The molecule has 0 radical (unpaired) electrons. The van der Waals surface area contributed by atoms with Crippen molar-refractivity contribution < 1.29 is 18.0 Å². The molecule has 0 saturated carbocycles. The predicted octanol–water partition coefficient (Wildman–Crippen LogP) is 2.62. The summed E-state index contributed by atoms with van der Waals surface area (Å²) in [6.07, 6.45) is -2.91. The van der Waals surface area contributed by atoms with Gasteiger partial charge in [0.25, 0.3) is 5.91 Å². The molecule has 0 saturated heterocycles. The first-order chi connectivity index (χ1) is 9.85. The predicted molar refractivity (Wildman–Crippen MR) is 72.5 cm³/mol. The first-order valence-corrected chi connectivity index (χ1v) is 6.02. The number of carbonyl (C=O) groups is 1. The Labute approximate surface area is 118 Å². The van der Waals surface area contributed by atoms with Gasteiger partial charge in [-0.3, -0.25) is 4.79 Å². The SMILES string of the molecule is Nc1ccc(-c2cccc(C(=O)NCC(F)(F)F)c2)cn1. The first-order valence-electron chi connectivity index (χ1n) is 6.02. The Hall–Kier alpha value is -2.57. The number of aromatic nitrogens is 1. The molecule has 1 aromatic carbocycles. The monoisotopic (exact) mass is 295 g/mol. The molecule has 1 amide bonds. The van der Waals surface area contributed by atoms with Gasteiger partial charge in [-0.05, 0) is 29.8 Å². The number of rotatable bonds is 3. The van der Waals surface area contributed by atoms with E-state index in [1.807, 2.05) is 5.32 Å². The van der Waals surface area contributed by atoms with Gasteiger partial charge in [-0.25, -0.2) is 4.98 Å². The van der Waals surface area contributed by atoms with Crippen LogP contribution in [0, 0.1) is 0 Å². The van der Waals surface area contributed by atoms with Gasteiger partial charge in [0.05, 0.1) is 0 Å². The third-order valence-corrected chi connectivity index (χ3v) is 2.69. The summed E-state index contributed by atoms with van der Waals surface area (Å²) in [4.78, 5) is 15.6. The third kappa shape index (κ3) is 4.20. The number of pyridine rings is 1. The maximum atomic E-state index is 12.1. The van der Waals surface area contributed by atoms with Gasteiger partial charge in [0, 0.05) is 17.3 Å². The van der Waals surface area contributed by atoms with Crippen LogP contribution in [0.2, 0.25) is 0 Å². The van der Waals surface area contributed by atoms with Gasteiger partial charge in [-0.1, -0.05) is 12.1 Å². The van der Waals surface area contributed by atoms with Gasteiger partial charge >= 0.3 is 6.18 Å². The van der Waals surface area contributed by atoms with E-state index in [1.54, 1.807) is 24.3 Å². The van der Waals surface area contributed by atoms with E-state index in [2.05, 4.69) is 4.98 Å². The maximum absolute atomic E-state index is 12.1. The van der Waals surface area contributed by atoms with Crippen molar-refractivity contribution in [2.24, 2.45) is 0 Å². The van der Waals surface area contributed by atoms with Crippen LogP contribution in [0.25, 0.3) is 11.1 Å². The number of halogens is 3. The van der Waals surface area contributed by atoms with Crippen molar-refractivity contribution >= 4 is 11.7 Å². The van der Waals surface area contributed by atoms with E-state index >= 15 is 0 Å². The second-order valence-electron chi connectivity index (χ2n) is 4.35. The number of hydrogen-bond donors (Lipinski definition) is 2. The zero-order valence-corrected chi connectivity index (χ0v) is 10.8. The first kappa shape index (κ1) is 14.8. The average molecular weight is 295 g/mol. The van der Waals surface area contributed by atoms with Crippen molar-refractivity contribution in [3.63, 3.8) is 0 Å². The Morgan fingerprint density at radius 2 is 1.95 bits per heavy atom. The minimum absolute atomic E-state index is 0.147. The number of nitrogens with two attached hydrogens (primary N) is 1. The molecule has 0 fully saturated rings. The van der Waals surface area contributed by atoms with Crippen LogP contribution in [0.3, 0.4) is 0 Å². The van der Waals surface area contributed by atoms with Crippen LogP contribution in [0.15, 0.2) is 42.6 Å². The zero-order chi connectivity index (χ0) is 15.5. The quantitative estimate of drug-likeness (QED) is 0.914. The van der Waals surface area contributed by atoms with E-state index in [-0.39, 0.29) is 5.56 Å². The Morgan fingerprint density at radius 1 is 1.19 bits per heavy atom. The molecule has 0 aliphatic carbocycles. The van der Waals surface area contributed by atoms with E-state index in [0.29, 0.717) is 11.4 Å². The smallest absolute Gasteiger partial charge is 0.384 e. The van der Waals surface area contributed by atoms with Crippen molar-refractivity contribution in [2.75, 3.05) is 12.3 Å². The number of benzene rings is 1. The Balaban J connectivity index is 2.17. The topological polar surface area (TPSA) is 68.0 Å². The van der Waals surface area contributed by atoms with Crippen molar-refractivity contribution in [1.82, 2.24) is 10.3 Å². The lowest BCUT2D eigenvalue weighted by Crippen LogP contribution is -2.33. The number of carbonyl (C=O) groups excluding carboxylic acids is 1. The summed E-state index contributed by atoms with van der Waals surface area (Å²) in [6.45, 7) is -1.36. The zero-order valence-electron chi connectivity index (χ0n) is 10.8. The van der Waals surface area contributed by atoms with Gasteiger partial charge in [-0.2, -0.15) is 13.2 Å². The molecular weight excluding hydrogens is 283 g/mol. The molecule has 0 aliphatic heterocycles. The molecule has 0 atom stereocenters. The highest BCUT2D eigenvalue weighted by Gasteiger charge is 2.27. The molecule has 1 heterocycles. The van der Waals surface area contributed by atoms with Gasteiger partial charge in [0.2, 0.25) is 0 Å². The summed E-state index contributed by atoms with van der Waals surface area (Å²) in [7, 11) is 0. The molecule has 2 aromatic rings. The summed E-state index contributed by atoms with van der Waals surface area (Å²) >= 11 is 0. The van der Waals surface area contributed by atoms with Crippen LogP contribution in [-0.2, 0) is 0 Å². The molecule has 7 heteroatoms. The van der Waals surface area contributed by atoms with E-state index < -0.39 is 18.6 Å². The second kappa shape index (κ2) is 5.82. The molecule has 3 N–H and O–H groups in total. The number of hydrogen-bond acceptors (Lipinski definition) is 3. The minimum atomic E-state index is -4.44. The fraction of sp³-hybridized carbons (Fsp3) is 0.143. The van der Waals surface area contributed by atoms with E-state index in [4.69, 9.17) is 5.73 Å². The molecule has 2 rings (SSSR count). The summed E-state index contributed by atoms with van der Waals surface area (Å²) in [5.41, 5.74) is 7.01. The number of anilines is 1. The molecule has 110 valence electrons. The Morgan fingerprint density at radius 3 is 2.57 bits per heavy atom. The highest BCUT2D eigenvalue weighted by atomic mass is 19.4. The Bertz CT molecular complexity index is 639. The molecule has 0 aliphatic rings. The van der Waals surface area contributed by atoms with Crippen molar-refractivity contribution in [3.05, 3.63) is 48.2 Å². The summed E-state index contributed by atoms with van der Waals surface area (Å²) in [6, 6.07) is 9.58. The van der Waals surface area contributed by atoms with E-state index in [0.717, 1.165) is 5.56 Å². The van der Waals surface area contributed by atoms with Crippen LogP contribution in [0.1, 0.15) is 10.4 Å². The third-order valence-electron chi connectivity index (χ3n) is 2.69. The van der Waals surface area contributed by atoms with Gasteiger partial charge in [0.1, 0.15) is 12.4 Å². The second-order valence-corrected chi connectivity index (χ2v) is 4.35. The fourth-order valence-electron chi connectivity index (χ4n) is 1.70. The standard InChI is InChI=1S/C14H12F3N3O/c15-14(16,17)8-20-13(21)10-3-1-2-9(6-10)11-4-5-12(18)19-7-11/h1-7H,8H2,(H2,18,19)(H,20,21). The van der Waals surface area contributed by atoms with Gasteiger partial charge in [0.15, 0.2) is 0 Å². The molecule has 1 aromatic heterocycles. The van der Waals surface area contributed by atoms with Crippen LogP contribution in [0.5, 0.6) is 0 Å². The van der Waals surface area contributed by atoms with E-state index in [9.17, 15) is 18.0 Å². The molecule has 0 spiro atoms. The maximum Gasteiger partial charge on any atom is 0.405 e. The number of alkyl halides is 3. The number of nitrogens with zero attached hydrogens (tertiary/aromatic N) is 1. The van der Waals surface area contributed by atoms with Crippen LogP contribution >= 0.6 is 0 Å². The molecular formula is C14H12F3N3O. The van der Waals surface area contributed by atoms with Gasteiger partial charge in [-0.15, -0.1) is 0 Å². The number of nitrogens with one attached hydrogen (secondary N) is 1. The molecule has 0 unspecified atom stereocenters. The van der Waals surface area contributed by atoms with Crippen LogP contribution in [0.4, 0.5) is 19.0 Å². The summed E-state index contributed by atoms with van der Waals surface area (Å²) in [5.74, 6) is -0.421. The largest absolute Gasteiger partial charge is 0.405 e. The average Bonchev–Trinajstić information content (AvgIpc) is 2.45. The highest BCUT2D eigenvalue weighted by Crippen LogP contribution is 2.20. The number of nitrogen functional groups attached to an aromatic ring is 1. The highest BCUT2D eigenvalue weighted by molar-refractivity contribution is 5.95. The molecule has 21 heavy (non-hydrogen) atoms. The Kier molecular flexibility index (Phi) is 4.11. The number of amides is 1. The summed E-state index contributed by atoms with van der Waals surface area (Å²) in [5, 5.41) is 1.83. The van der Waals surface area contributed by atoms with Crippen molar-refractivity contribution in [1.29, 1.82) is 0 Å². The van der Waals surface area contributed by atoms with Crippen molar-refractivity contribution in [3.8, 4) is 11.1 Å². The van der Waals surface area contributed by atoms with E-state index in [1.165, 1.54) is 18.3 Å². The lowest BCUT2D eigenvalue weighted by atomic mass is 10.0. The lowest BCUT2D eigenvalue weighted by molar-refractivity contribution is -0.123. The lowest BCUT2D eigenvalue weighted by Gasteiger charge is -2.09. The van der Waals surface area contributed by atoms with Crippen LogP contribution in [-0.4, -0.2) is 23.6 Å². The fourth-order valence-corrected chi connectivity index (χ4v) is 1.70. The van der Waals surface area contributed by atoms with Crippen molar-refractivity contribution in [2.45, 2.75) is 6.18 Å². The van der Waals surface area contributed by atoms with Gasteiger partial charge < -0.3 is 11.1 Å².